The highest BCUT2D eigenvalue weighted by Crippen LogP contribution is 2.42. The molecule has 118 valence electrons. The molecule has 1 aliphatic rings. The number of unbranched alkanes of at least 4 members (excludes halogenated alkanes) is 4. The number of methoxy groups -OCH3 is 1. The van der Waals surface area contributed by atoms with Crippen molar-refractivity contribution in [3.63, 3.8) is 0 Å². The summed E-state index contributed by atoms with van der Waals surface area (Å²) in [7, 11) is 1.68. The highest BCUT2D eigenvalue weighted by molar-refractivity contribution is 5.44. The number of hydrogen-bond acceptors (Lipinski definition) is 3. The lowest BCUT2D eigenvalue weighted by molar-refractivity contribution is 0.0428. The van der Waals surface area contributed by atoms with Crippen molar-refractivity contribution in [2.45, 2.75) is 70.4 Å². The molecular weight excluding hydrogens is 262 g/mol. The van der Waals surface area contributed by atoms with Crippen LogP contribution in [-0.2, 0) is 0 Å². The first kappa shape index (κ1) is 16.2. The predicted octanol–water partition coefficient (Wildman–Crippen LogP) is 4.60. The normalized spacial score (nSPS) is 24.3. The van der Waals surface area contributed by atoms with Gasteiger partial charge in [0.05, 0.1) is 7.11 Å². The standard InChI is InChI=1S/C18H29NO2/c1-4-5-6-7-8-11-18(2)13-16(19)15-12-14(20-3)9-10-17(15)21-18/h9-10,12,16H,4-8,11,13,19H2,1-3H3/t16-,18?/m1/s1. The Hall–Kier alpha value is -1.22. The molecule has 0 fully saturated rings. The molecule has 0 amide bonds. The fourth-order valence-corrected chi connectivity index (χ4v) is 3.17. The smallest absolute Gasteiger partial charge is 0.125 e. The SMILES string of the molecule is CCCCCCCC1(C)C[C@@H](N)c2cc(OC)ccc2O1. The number of nitrogens with two attached hydrogens (primary N) is 1. The molecule has 21 heavy (non-hydrogen) atoms. The summed E-state index contributed by atoms with van der Waals surface area (Å²) in [5.74, 6) is 1.77. The van der Waals surface area contributed by atoms with Gasteiger partial charge in [0.2, 0.25) is 0 Å². The van der Waals surface area contributed by atoms with Gasteiger partial charge in [0.1, 0.15) is 17.1 Å². The van der Waals surface area contributed by atoms with Crippen LogP contribution in [0.25, 0.3) is 0 Å². The summed E-state index contributed by atoms with van der Waals surface area (Å²) in [6.45, 7) is 4.44. The van der Waals surface area contributed by atoms with E-state index in [1.165, 1.54) is 32.1 Å². The molecule has 0 spiro atoms. The third-order valence-corrected chi connectivity index (χ3v) is 4.43. The third-order valence-electron chi connectivity index (χ3n) is 4.43. The van der Waals surface area contributed by atoms with Gasteiger partial charge < -0.3 is 15.2 Å². The van der Waals surface area contributed by atoms with E-state index in [0.717, 1.165) is 29.9 Å². The van der Waals surface area contributed by atoms with Crippen molar-refractivity contribution in [3.8, 4) is 11.5 Å². The van der Waals surface area contributed by atoms with E-state index < -0.39 is 0 Å². The molecule has 0 radical (unpaired) electrons. The van der Waals surface area contributed by atoms with Gasteiger partial charge in [-0.15, -0.1) is 0 Å². The van der Waals surface area contributed by atoms with Crippen molar-refractivity contribution in [1.82, 2.24) is 0 Å². The van der Waals surface area contributed by atoms with E-state index in [1.807, 2.05) is 18.2 Å². The minimum atomic E-state index is -0.132. The maximum Gasteiger partial charge on any atom is 0.125 e. The van der Waals surface area contributed by atoms with Gasteiger partial charge in [0.15, 0.2) is 0 Å². The second-order valence-electron chi connectivity index (χ2n) is 6.43. The summed E-state index contributed by atoms with van der Waals surface area (Å²) in [6.07, 6.45) is 8.41. The van der Waals surface area contributed by atoms with E-state index >= 15 is 0 Å². The minimum Gasteiger partial charge on any atom is -0.497 e. The quantitative estimate of drug-likeness (QED) is 0.747. The van der Waals surface area contributed by atoms with Crippen molar-refractivity contribution in [1.29, 1.82) is 0 Å². The van der Waals surface area contributed by atoms with Crippen molar-refractivity contribution >= 4 is 0 Å². The lowest BCUT2D eigenvalue weighted by atomic mass is 9.85. The van der Waals surface area contributed by atoms with Crippen LogP contribution < -0.4 is 15.2 Å². The lowest BCUT2D eigenvalue weighted by Crippen LogP contribution is -2.40. The van der Waals surface area contributed by atoms with Crippen LogP contribution in [0.2, 0.25) is 0 Å². The fraction of sp³-hybridized carbons (Fsp3) is 0.667. The first-order valence-corrected chi connectivity index (χ1v) is 8.20. The molecule has 0 bridgehead atoms. The molecule has 1 aromatic carbocycles. The van der Waals surface area contributed by atoms with Crippen LogP contribution in [0, 0.1) is 0 Å². The van der Waals surface area contributed by atoms with Crippen molar-refractivity contribution in [2.24, 2.45) is 5.73 Å². The second-order valence-corrected chi connectivity index (χ2v) is 6.43. The second kappa shape index (κ2) is 7.17. The summed E-state index contributed by atoms with van der Waals surface area (Å²) < 4.78 is 11.5. The van der Waals surface area contributed by atoms with Gasteiger partial charge in [-0.1, -0.05) is 32.6 Å². The van der Waals surface area contributed by atoms with E-state index in [-0.39, 0.29) is 11.6 Å². The number of hydrogen-bond donors (Lipinski definition) is 1. The zero-order chi connectivity index (χ0) is 15.3. The zero-order valence-electron chi connectivity index (χ0n) is 13.7. The highest BCUT2D eigenvalue weighted by atomic mass is 16.5. The fourth-order valence-electron chi connectivity index (χ4n) is 3.17. The highest BCUT2D eigenvalue weighted by Gasteiger charge is 2.35. The maximum atomic E-state index is 6.36. The summed E-state index contributed by atoms with van der Waals surface area (Å²) >= 11 is 0. The molecule has 0 saturated carbocycles. The largest absolute Gasteiger partial charge is 0.497 e. The first-order chi connectivity index (χ1) is 10.1. The van der Waals surface area contributed by atoms with Gasteiger partial charge in [-0.05, 0) is 38.0 Å². The summed E-state index contributed by atoms with van der Waals surface area (Å²) in [4.78, 5) is 0. The molecule has 3 nitrogen and oxygen atoms in total. The van der Waals surface area contributed by atoms with E-state index in [4.69, 9.17) is 15.2 Å². The molecule has 1 aliphatic heterocycles. The molecule has 1 unspecified atom stereocenters. The van der Waals surface area contributed by atoms with E-state index in [1.54, 1.807) is 7.11 Å². The molecular formula is C18H29NO2. The van der Waals surface area contributed by atoms with Crippen molar-refractivity contribution in [3.05, 3.63) is 23.8 Å². The number of benzene rings is 1. The molecule has 2 N–H and O–H groups in total. The Balaban J connectivity index is 1.98. The summed E-state index contributed by atoms with van der Waals surface area (Å²) in [5.41, 5.74) is 7.30. The zero-order valence-corrected chi connectivity index (χ0v) is 13.7. The molecule has 1 heterocycles. The Bertz CT molecular complexity index is 461. The Morgan fingerprint density at radius 3 is 2.76 bits per heavy atom. The Morgan fingerprint density at radius 2 is 2.05 bits per heavy atom. The minimum absolute atomic E-state index is 0.0319. The van der Waals surface area contributed by atoms with Crippen LogP contribution in [0.4, 0.5) is 0 Å². The summed E-state index contributed by atoms with van der Waals surface area (Å²) in [6, 6.07) is 5.96. The van der Waals surface area contributed by atoms with Gasteiger partial charge in [-0.2, -0.15) is 0 Å². The number of rotatable bonds is 7. The molecule has 2 atom stereocenters. The van der Waals surface area contributed by atoms with Crippen molar-refractivity contribution < 1.29 is 9.47 Å². The topological polar surface area (TPSA) is 44.5 Å². The van der Waals surface area contributed by atoms with Crippen LogP contribution in [0.1, 0.15) is 70.4 Å². The van der Waals surface area contributed by atoms with Gasteiger partial charge >= 0.3 is 0 Å². The molecule has 2 rings (SSSR count). The molecule has 0 aliphatic carbocycles. The predicted molar refractivity (Wildman–Crippen MR) is 86.9 cm³/mol. The monoisotopic (exact) mass is 291 g/mol. The summed E-state index contributed by atoms with van der Waals surface area (Å²) in [5, 5.41) is 0. The van der Waals surface area contributed by atoms with Gasteiger partial charge in [0.25, 0.3) is 0 Å². The van der Waals surface area contributed by atoms with Crippen LogP contribution >= 0.6 is 0 Å². The van der Waals surface area contributed by atoms with Crippen molar-refractivity contribution in [2.75, 3.05) is 7.11 Å². The molecule has 0 aromatic heterocycles. The number of fused-ring (bicyclic) bond motifs is 1. The van der Waals surface area contributed by atoms with E-state index in [2.05, 4.69) is 13.8 Å². The maximum absolute atomic E-state index is 6.36. The molecule has 3 heteroatoms. The average Bonchev–Trinajstić information content (AvgIpc) is 2.46. The van der Waals surface area contributed by atoms with Gasteiger partial charge in [-0.3, -0.25) is 0 Å². The Labute approximate surface area is 128 Å². The molecule has 1 aromatic rings. The van der Waals surface area contributed by atoms with Crippen LogP contribution in [0.3, 0.4) is 0 Å². The van der Waals surface area contributed by atoms with Crippen LogP contribution in [0.15, 0.2) is 18.2 Å². The lowest BCUT2D eigenvalue weighted by Gasteiger charge is -2.39. The van der Waals surface area contributed by atoms with E-state index in [0.29, 0.717) is 0 Å². The first-order valence-electron chi connectivity index (χ1n) is 8.20. The van der Waals surface area contributed by atoms with Crippen LogP contribution in [-0.4, -0.2) is 12.7 Å². The average molecular weight is 291 g/mol. The third kappa shape index (κ3) is 4.13. The van der Waals surface area contributed by atoms with Gasteiger partial charge in [-0.25, -0.2) is 0 Å². The van der Waals surface area contributed by atoms with Gasteiger partial charge in [0, 0.05) is 18.0 Å². The number of ether oxygens (including phenoxy) is 2. The molecule has 0 saturated heterocycles. The Morgan fingerprint density at radius 1 is 1.29 bits per heavy atom. The Kier molecular flexibility index (Phi) is 5.51. The van der Waals surface area contributed by atoms with E-state index in [9.17, 15) is 0 Å². The van der Waals surface area contributed by atoms with Crippen LogP contribution in [0.5, 0.6) is 11.5 Å².